The molecule has 0 amide bonds. The molecule has 0 aliphatic heterocycles. The first-order valence-corrected chi connectivity index (χ1v) is 19.1. The average molecular weight is 713 g/mol. The Hall–Kier alpha value is -3.90. The third kappa shape index (κ3) is 32.0. The Balaban J connectivity index is -0.000000634. The highest BCUT2D eigenvalue weighted by Crippen LogP contribution is 2.25. The minimum atomic E-state index is -0.133. The molecular weight excluding hydrogens is 636 g/mol. The molecule has 2 aromatic rings. The maximum Gasteiger partial charge on any atom is 0.123 e. The van der Waals surface area contributed by atoms with Crippen LogP contribution >= 0.6 is 0 Å². The van der Waals surface area contributed by atoms with Crippen molar-refractivity contribution in [3.8, 4) is 6.07 Å². The second kappa shape index (κ2) is 30.7. The second-order valence-electron chi connectivity index (χ2n) is 15.5. The van der Waals surface area contributed by atoms with E-state index in [-0.39, 0.29) is 5.82 Å². The van der Waals surface area contributed by atoms with E-state index in [1.165, 1.54) is 43.7 Å². The van der Waals surface area contributed by atoms with E-state index in [1.54, 1.807) is 12.1 Å². The number of halogens is 1. The highest BCUT2D eigenvalue weighted by molar-refractivity contribution is 5.73. The fourth-order valence-electron chi connectivity index (χ4n) is 4.21. The summed E-state index contributed by atoms with van der Waals surface area (Å²) in [6.07, 6.45) is 10.4. The molecular formula is C49H77FN2. The van der Waals surface area contributed by atoms with Gasteiger partial charge in [-0.1, -0.05) is 148 Å². The average Bonchev–Trinajstić information content (AvgIpc) is 3.05. The van der Waals surface area contributed by atoms with Gasteiger partial charge in [0.1, 0.15) is 5.82 Å². The van der Waals surface area contributed by atoms with Crippen LogP contribution in [0.3, 0.4) is 0 Å². The van der Waals surface area contributed by atoms with Gasteiger partial charge < -0.3 is 5.32 Å². The third-order valence-electron chi connectivity index (χ3n) is 7.47. The van der Waals surface area contributed by atoms with E-state index in [9.17, 15) is 9.65 Å². The summed E-state index contributed by atoms with van der Waals surface area (Å²) >= 11 is 0. The smallest absolute Gasteiger partial charge is 0.123 e. The molecule has 0 fully saturated rings. The SMILES string of the molecule is C=C(C)C(=C/C(C)=C(\C)c1ccccc1C#N)C(=C)C.C=C(C)CCC(C)CC.C=C(C)NCCCC.CC(C)(C)C.CCCc1cccc(F)c1. The van der Waals surface area contributed by atoms with Gasteiger partial charge in [0.15, 0.2) is 0 Å². The van der Waals surface area contributed by atoms with Crippen LogP contribution in [0.4, 0.5) is 4.39 Å². The van der Waals surface area contributed by atoms with Crippen molar-refractivity contribution in [3.63, 3.8) is 0 Å². The molecule has 0 radical (unpaired) electrons. The van der Waals surface area contributed by atoms with Crippen LogP contribution in [0.2, 0.25) is 0 Å². The minimum Gasteiger partial charge on any atom is -0.389 e. The van der Waals surface area contributed by atoms with Crippen LogP contribution in [0.5, 0.6) is 0 Å². The Labute approximate surface area is 322 Å². The minimum absolute atomic E-state index is 0.133. The molecule has 0 aliphatic carbocycles. The first-order chi connectivity index (χ1) is 24.1. The molecule has 3 heteroatoms. The molecule has 2 aromatic carbocycles. The van der Waals surface area contributed by atoms with Crippen molar-refractivity contribution >= 4 is 5.57 Å². The first-order valence-electron chi connectivity index (χ1n) is 19.1. The van der Waals surface area contributed by atoms with E-state index >= 15 is 0 Å². The Morgan fingerprint density at radius 3 is 1.85 bits per heavy atom. The van der Waals surface area contributed by atoms with Gasteiger partial charge in [-0.15, -0.1) is 6.58 Å². The number of allylic oxidation sites excluding steroid dienone is 8. The topological polar surface area (TPSA) is 35.8 Å². The number of rotatable bonds is 14. The van der Waals surface area contributed by atoms with Crippen LogP contribution < -0.4 is 5.32 Å². The summed E-state index contributed by atoms with van der Waals surface area (Å²) in [5.41, 5.74) is 10.9. The van der Waals surface area contributed by atoms with Gasteiger partial charge in [0.2, 0.25) is 0 Å². The lowest BCUT2D eigenvalue weighted by atomic mass is 9.94. The van der Waals surface area contributed by atoms with Crippen LogP contribution in [0, 0.1) is 28.5 Å². The lowest BCUT2D eigenvalue weighted by Gasteiger charge is -2.10. The number of benzene rings is 2. The van der Waals surface area contributed by atoms with Crippen molar-refractivity contribution in [2.24, 2.45) is 11.3 Å². The number of hydrogen-bond acceptors (Lipinski definition) is 2. The van der Waals surface area contributed by atoms with Gasteiger partial charge in [0, 0.05) is 12.2 Å². The third-order valence-corrected chi connectivity index (χ3v) is 7.47. The molecule has 1 unspecified atom stereocenters. The molecule has 0 spiro atoms. The molecule has 0 saturated heterocycles. The Morgan fingerprint density at radius 2 is 1.42 bits per heavy atom. The monoisotopic (exact) mass is 713 g/mol. The maximum atomic E-state index is 12.5. The number of hydrogen-bond donors (Lipinski definition) is 1. The summed E-state index contributed by atoms with van der Waals surface area (Å²) in [6, 6.07) is 16.7. The lowest BCUT2D eigenvalue weighted by Crippen LogP contribution is -2.10. The largest absolute Gasteiger partial charge is 0.389 e. The molecule has 2 rings (SSSR count). The van der Waals surface area contributed by atoms with Crippen LogP contribution in [0.15, 0.2) is 114 Å². The fourth-order valence-corrected chi connectivity index (χ4v) is 4.21. The predicted molar refractivity (Wildman–Crippen MR) is 234 cm³/mol. The number of nitrogens with zero attached hydrogens (tertiary/aromatic N) is 1. The fraction of sp³-hybridized carbons (Fsp3) is 0.490. The number of nitriles is 1. The summed E-state index contributed by atoms with van der Waals surface area (Å²) in [4.78, 5) is 0. The van der Waals surface area contributed by atoms with Crippen molar-refractivity contribution < 1.29 is 4.39 Å². The van der Waals surface area contributed by atoms with E-state index in [4.69, 9.17) is 0 Å². The number of nitrogens with one attached hydrogen (secondary N) is 1. The molecule has 290 valence electrons. The van der Waals surface area contributed by atoms with Gasteiger partial charge in [-0.25, -0.2) is 4.39 Å². The highest BCUT2D eigenvalue weighted by atomic mass is 19.1. The molecule has 1 N–H and O–H groups in total. The molecule has 0 bridgehead atoms. The van der Waals surface area contributed by atoms with Gasteiger partial charge in [-0.3, -0.25) is 0 Å². The standard InChI is InChI=1S/C19H21N.C9H11F.C9H18.C7H15N.C5H12/c1-13(2)19(14(3)4)11-15(5)16(6)18-10-8-7-9-17(18)12-20;1-2-4-8-5-3-6-9(10)7-8;1-5-9(4)7-6-8(2)3;1-4-5-6-8-7(2)3;1-5(2,3)4/h7-11H,1,3H2,2,4-6H3;3,5-7H,2,4H2,1H3;9H,2,5-7H2,1,3-4H3;8H,2,4-6H2,1,3H3;1-4H3/b16-15+;;;;. The Morgan fingerprint density at radius 1 is 0.865 bits per heavy atom. The van der Waals surface area contributed by atoms with Crippen LogP contribution in [0.25, 0.3) is 5.57 Å². The Bertz CT molecular complexity index is 1420. The van der Waals surface area contributed by atoms with Crippen molar-refractivity contribution in [1.82, 2.24) is 5.32 Å². The molecule has 0 aliphatic rings. The summed E-state index contributed by atoms with van der Waals surface area (Å²) in [6.45, 7) is 46.3. The van der Waals surface area contributed by atoms with Gasteiger partial charge in [-0.05, 0) is 125 Å². The zero-order valence-corrected chi connectivity index (χ0v) is 36.1. The summed E-state index contributed by atoms with van der Waals surface area (Å²) in [5, 5.41) is 12.3. The van der Waals surface area contributed by atoms with Gasteiger partial charge in [-0.2, -0.15) is 5.26 Å². The molecule has 0 aromatic heterocycles. The van der Waals surface area contributed by atoms with E-state index < -0.39 is 0 Å². The normalized spacial score (nSPS) is 11.0. The molecule has 0 heterocycles. The summed E-state index contributed by atoms with van der Waals surface area (Å²) < 4.78 is 12.5. The summed E-state index contributed by atoms with van der Waals surface area (Å²) in [7, 11) is 0. The zero-order chi connectivity index (χ0) is 40.9. The second-order valence-corrected chi connectivity index (χ2v) is 15.5. The maximum absolute atomic E-state index is 12.5. The van der Waals surface area contributed by atoms with Crippen molar-refractivity contribution in [2.45, 2.75) is 142 Å². The van der Waals surface area contributed by atoms with E-state index in [0.717, 1.165) is 70.0 Å². The van der Waals surface area contributed by atoms with Gasteiger partial charge in [0.25, 0.3) is 0 Å². The van der Waals surface area contributed by atoms with Crippen molar-refractivity contribution in [2.75, 3.05) is 6.54 Å². The van der Waals surface area contributed by atoms with E-state index in [0.29, 0.717) is 11.0 Å². The van der Waals surface area contributed by atoms with E-state index in [2.05, 4.69) is 113 Å². The first kappa shape index (κ1) is 52.5. The zero-order valence-electron chi connectivity index (χ0n) is 36.1. The number of aryl methyl sites for hydroxylation is 1. The molecule has 52 heavy (non-hydrogen) atoms. The molecule has 2 nitrogen and oxygen atoms in total. The number of unbranched alkanes of at least 4 members (excludes halogenated alkanes) is 1. The van der Waals surface area contributed by atoms with Gasteiger partial charge >= 0.3 is 0 Å². The van der Waals surface area contributed by atoms with Crippen molar-refractivity contribution in [1.29, 1.82) is 5.26 Å². The lowest BCUT2D eigenvalue weighted by molar-refractivity contribution is 0.469. The molecule has 0 saturated carbocycles. The summed E-state index contributed by atoms with van der Waals surface area (Å²) in [5.74, 6) is 0.743. The van der Waals surface area contributed by atoms with Crippen LogP contribution in [0.1, 0.15) is 152 Å². The Kier molecular flexibility index (Phi) is 31.0. The quantitative estimate of drug-likeness (QED) is 0.120. The highest BCUT2D eigenvalue weighted by Gasteiger charge is 2.07. The van der Waals surface area contributed by atoms with E-state index in [1.807, 2.05) is 58.0 Å². The predicted octanol–water partition coefficient (Wildman–Crippen LogP) is 15.6. The van der Waals surface area contributed by atoms with Gasteiger partial charge in [0.05, 0.1) is 11.6 Å². The van der Waals surface area contributed by atoms with Crippen LogP contribution in [-0.2, 0) is 6.42 Å². The molecule has 1 atom stereocenters. The van der Waals surface area contributed by atoms with Crippen molar-refractivity contribution in [3.05, 3.63) is 137 Å². The van der Waals surface area contributed by atoms with Crippen LogP contribution in [-0.4, -0.2) is 6.54 Å².